The smallest absolute Gasteiger partial charge is 0.303 e. The average Bonchev–Trinajstić information content (AvgIpc) is 3.28. The number of carboxylic acid groups (broad SMARTS) is 1. The van der Waals surface area contributed by atoms with Crippen molar-refractivity contribution in [3.63, 3.8) is 0 Å². The van der Waals surface area contributed by atoms with E-state index in [0.717, 1.165) is 24.1 Å². The molecule has 2 heterocycles. The number of hydrogen-bond donors (Lipinski definition) is 2. The summed E-state index contributed by atoms with van der Waals surface area (Å²) in [5.74, 6) is 5.95. The van der Waals surface area contributed by atoms with Crippen molar-refractivity contribution in [2.45, 2.75) is 63.8 Å². The third-order valence-electron chi connectivity index (χ3n) is 5.57. The molecule has 1 aliphatic carbocycles. The number of hydrogen-bond acceptors (Lipinski definition) is 6. The molecule has 0 spiro atoms. The van der Waals surface area contributed by atoms with Gasteiger partial charge in [0, 0.05) is 50.2 Å². The highest BCUT2D eigenvalue weighted by molar-refractivity contribution is 5.66. The summed E-state index contributed by atoms with van der Waals surface area (Å²) in [6, 6.07) is -0.0549. The molecule has 8 heteroatoms. The van der Waals surface area contributed by atoms with Crippen LogP contribution >= 0.6 is 0 Å². The van der Waals surface area contributed by atoms with E-state index in [1.807, 2.05) is 6.20 Å². The van der Waals surface area contributed by atoms with E-state index in [-0.39, 0.29) is 12.5 Å². The highest BCUT2D eigenvalue weighted by atomic mass is 16.6. The Morgan fingerprint density at radius 2 is 2.03 bits per heavy atom. The van der Waals surface area contributed by atoms with Gasteiger partial charge in [0.25, 0.3) is 0 Å². The summed E-state index contributed by atoms with van der Waals surface area (Å²) in [6.45, 7) is 0. The van der Waals surface area contributed by atoms with E-state index in [4.69, 9.17) is 15.8 Å². The number of rotatable bonds is 10. The normalized spacial score (nSPS) is 16.9. The minimum Gasteiger partial charge on any atom is -0.481 e. The lowest BCUT2D eigenvalue weighted by atomic mass is 9.78. The number of aliphatic carboxylic acids is 1. The molecule has 2 aromatic heterocycles. The predicted octanol–water partition coefficient (Wildman–Crippen LogP) is 3.44. The Hall–Kier alpha value is -2.74. The zero-order valence-corrected chi connectivity index (χ0v) is 16.6. The monoisotopic (exact) mass is 399 g/mol. The van der Waals surface area contributed by atoms with E-state index in [2.05, 4.69) is 19.5 Å². The second kappa shape index (κ2) is 10.7. The third-order valence-corrected chi connectivity index (χ3v) is 5.57. The molecule has 156 valence electrons. The summed E-state index contributed by atoms with van der Waals surface area (Å²) in [7, 11) is 0. The van der Waals surface area contributed by atoms with Crippen molar-refractivity contribution in [2.24, 2.45) is 11.8 Å². The highest BCUT2D eigenvalue weighted by Crippen LogP contribution is 2.39. The fourth-order valence-electron chi connectivity index (χ4n) is 4.23. The minimum absolute atomic E-state index is 0.0549. The van der Waals surface area contributed by atoms with Crippen LogP contribution in [-0.4, -0.2) is 30.6 Å². The van der Waals surface area contributed by atoms with Crippen LogP contribution in [0.2, 0.25) is 0 Å². The van der Waals surface area contributed by atoms with Gasteiger partial charge in [-0.25, -0.2) is 4.98 Å². The Bertz CT molecular complexity index is 786. The van der Waals surface area contributed by atoms with E-state index in [1.54, 1.807) is 31.1 Å². The number of carbonyl (C=O) groups is 1. The summed E-state index contributed by atoms with van der Waals surface area (Å²) in [4.78, 5) is 29.3. The fraction of sp³-hybridized carbons (Fsp3) is 0.524. The Kier molecular flexibility index (Phi) is 7.75. The van der Waals surface area contributed by atoms with Gasteiger partial charge in [0.2, 0.25) is 0 Å². The molecular formula is C21H29N5O3. The first-order valence-corrected chi connectivity index (χ1v) is 10.2. The number of carboxylic acids is 1. The van der Waals surface area contributed by atoms with Crippen LogP contribution in [0.4, 0.5) is 0 Å². The zero-order chi connectivity index (χ0) is 20.5. The first kappa shape index (κ1) is 21.0. The molecule has 0 radical (unpaired) electrons. The quantitative estimate of drug-likeness (QED) is 0.464. The molecule has 0 saturated heterocycles. The number of aromatic nitrogens is 4. The fourth-order valence-corrected chi connectivity index (χ4v) is 4.23. The average molecular weight is 399 g/mol. The number of nitrogens with two attached hydrogens (primary N) is 1. The Morgan fingerprint density at radius 3 is 2.66 bits per heavy atom. The molecule has 1 aliphatic rings. The molecule has 0 aliphatic heterocycles. The standard InChI is InChI=1S/C21H29N5O3/c22-29-19(7-4-8-20(27)28)21(16-5-2-1-3-6-16)18(26-12-11-24-15-26)13-17-14-23-9-10-25-17/h9-12,14-16,18H,1-8,13,22H2,(H,27,28)/b21-19+. The number of allylic oxidation sites excluding steroid dienone is 2. The lowest BCUT2D eigenvalue weighted by Gasteiger charge is -2.32. The molecule has 8 nitrogen and oxygen atoms in total. The van der Waals surface area contributed by atoms with Crippen LogP contribution in [0.5, 0.6) is 0 Å². The van der Waals surface area contributed by atoms with Gasteiger partial charge in [-0.2, -0.15) is 5.90 Å². The van der Waals surface area contributed by atoms with Crippen LogP contribution in [0.3, 0.4) is 0 Å². The predicted molar refractivity (Wildman–Crippen MR) is 107 cm³/mol. The zero-order valence-electron chi connectivity index (χ0n) is 16.6. The molecule has 0 aromatic carbocycles. The van der Waals surface area contributed by atoms with Gasteiger partial charge < -0.3 is 14.5 Å². The summed E-state index contributed by atoms with van der Waals surface area (Å²) < 4.78 is 2.06. The number of nitrogens with zero attached hydrogens (tertiary/aromatic N) is 4. The van der Waals surface area contributed by atoms with E-state index >= 15 is 0 Å². The van der Waals surface area contributed by atoms with Crippen molar-refractivity contribution < 1.29 is 14.7 Å². The van der Waals surface area contributed by atoms with Gasteiger partial charge in [-0.15, -0.1) is 0 Å². The first-order valence-electron chi connectivity index (χ1n) is 10.2. The lowest BCUT2D eigenvalue weighted by molar-refractivity contribution is -0.137. The van der Waals surface area contributed by atoms with Crippen molar-refractivity contribution in [2.75, 3.05) is 0 Å². The summed E-state index contributed by atoms with van der Waals surface area (Å²) in [6.07, 6.45) is 18.1. The first-order chi connectivity index (χ1) is 14.2. The molecule has 1 unspecified atom stereocenters. The maximum Gasteiger partial charge on any atom is 0.303 e. The summed E-state index contributed by atoms with van der Waals surface area (Å²) in [5, 5.41) is 9.02. The highest BCUT2D eigenvalue weighted by Gasteiger charge is 2.30. The largest absolute Gasteiger partial charge is 0.481 e. The third kappa shape index (κ3) is 5.87. The Balaban J connectivity index is 1.98. The molecule has 2 aromatic rings. The number of imidazole rings is 1. The summed E-state index contributed by atoms with van der Waals surface area (Å²) >= 11 is 0. The van der Waals surface area contributed by atoms with Crippen LogP contribution in [-0.2, 0) is 16.1 Å². The van der Waals surface area contributed by atoms with Gasteiger partial charge in [-0.3, -0.25) is 14.8 Å². The second-order valence-corrected chi connectivity index (χ2v) is 7.51. The SMILES string of the molecule is NO/C(CCCC(=O)O)=C(\C1CCCCC1)C(Cc1cnccn1)n1ccnc1. The van der Waals surface area contributed by atoms with Crippen LogP contribution in [0.15, 0.2) is 48.6 Å². The van der Waals surface area contributed by atoms with Gasteiger partial charge in [-0.05, 0) is 30.8 Å². The van der Waals surface area contributed by atoms with E-state index in [0.29, 0.717) is 30.9 Å². The molecule has 0 bridgehead atoms. The van der Waals surface area contributed by atoms with Crippen LogP contribution in [0.1, 0.15) is 63.1 Å². The van der Waals surface area contributed by atoms with Gasteiger partial charge in [0.1, 0.15) is 5.76 Å². The van der Waals surface area contributed by atoms with Crippen molar-refractivity contribution in [3.8, 4) is 0 Å². The molecule has 0 amide bonds. The van der Waals surface area contributed by atoms with Crippen molar-refractivity contribution in [1.82, 2.24) is 19.5 Å². The molecular weight excluding hydrogens is 370 g/mol. The van der Waals surface area contributed by atoms with Crippen LogP contribution < -0.4 is 5.90 Å². The molecule has 1 saturated carbocycles. The van der Waals surface area contributed by atoms with Gasteiger partial charge in [0.15, 0.2) is 0 Å². The van der Waals surface area contributed by atoms with E-state index in [1.165, 1.54) is 19.3 Å². The van der Waals surface area contributed by atoms with E-state index < -0.39 is 5.97 Å². The lowest BCUT2D eigenvalue weighted by Crippen LogP contribution is -2.24. The van der Waals surface area contributed by atoms with Crippen LogP contribution in [0.25, 0.3) is 0 Å². The van der Waals surface area contributed by atoms with Crippen molar-refractivity contribution in [3.05, 3.63) is 54.3 Å². The van der Waals surface area contributed by atoms with Gasteiger partial charge in [0.05, 0.1) is 18.1 Å². The maximum atomic E-state index is 11.0. The molecule has 3 N–H and O–H groups in total. The topological polar surface area (TPSA) is 116 Å². The van der Waals surface area contributed by atoms with Crippen molar-refractivity contribution >= 4 is 5.97 Å². The maximum absolute atomic E-state index is 11.0. The summed E-state index contributed by atoms with van der Waals surface area (Å²) in [5.41, 5.74) is 2.02. The van der Waals surface area contributed by atoms with Crippen LogP contribution in [0, 0.1) is 5.92 Å². The van der Waals surface area contributed by atoms with Gasteiger partial charge in [-0.1, -0.05) is 19.3 Å². The molecule has 29 heavy (non-hydrogen) atoms. The minimum atomic E-state index is -0.814. The molecule has 3 rings (SSSR count). The van der Waals surface area contributed by atoms with Crippen molar-refractivity contribution in [1.29, 1.82) is 0 Å². The molecule has 1 fully saturated rings. The molecule has 1 atom stereocenters. The Labute approximate surface area is 170 Å². The second-order valence-electron chi connectivity index (χ2n) is 7.51. The van der Waals surface area contributed by atoms with E-state index in [9.17, 15) is 4.79 Å². The van der Waals surface area contributed by atoms with Gasteiger partial charge >= 0.3 is 5.97 Å². The Morgan fingerprint density at radius 1 is 1.21 bits per heavy atom.